The van der Waals surface area contributed by atoms with Gasteiger partial charge in [0.2, 0.25) is 0 Å². The van der Waals surface area contributed by atoms with Gasteiger partial charge in [0.25, 0.3) is 0 Å². The van der Waals surface area contributed by atoms with Crippen LogP contribution in [0.15, 0.2) is 29.0 Å². The van der Waals surface area contributed by atoms with Gasteiger partial charge in [-0.1, -0.05) is 0 Å². The van der Waals surface area contributed by atoms with E-state index in [-0.39, 0.29) is 12.6 Å². The van der Waals surface area contributed by atoms with Crippen LogP contribution in [0.1, 0.15) is 13.3 Å². The minimum absolute atomic E-state index is 0.177. The first-order valence-electron chi connectivity index (χ1n) is 5.48. The van der Waals surface area contributed by atoms with E-state index in [1.165, 1.54) is 0 Å². The SMILES string of the molecule is CC(CCO)Nc1ccnc2cc(Br)cnc12. The second-order valence-electron chi connectivity index (χ2n) is 3.94. The van der Waals surface area contributed by atoms with Crippen LogP contribution in [0, 0.1) is 0 Å². The van der Waals surface area contributed by atoms with Crippen LogP contribution in [0.5, 0.6) is 0 Å². The summed E-state index contributed by atoms with van der Waals surface area (Å²) in [5, 5.41) is 12.2. The minimum atomic E-state index is 0.177. The van der Waals surface area contributed by atoms with E-state index in [1.54, 1.807) is 12.4 Å². The van der Waals surface area contributed by atoms with Crippen molar-refractivity contribution in [3.05, 3.63) is 29.0 Å². The lowest BCUT2D eigenvalue weighted by Gasteiger charge is -2.14. The molecule has 0 spiro atoms. The second kappa shape index (κ2) is 5.42. The quantitative estimate of drug-likeness (QED) is 0.910. The molecule has 0 aliphatic rings. The number of aliphatic hydroxyl groups excluding tert-OH is 1. The van der Waals surface area contributed by atoms with E-state index < -0.39 is 0 Å². The Balaban J connectivity index is 2.34. The number of pyridine rings is 2. The third-order valence-corrected chi connectivity index (χ3v) is 2.94. The monoisotopic (exact) mass is 295 g/mol. The van der Waals surface area contributed by atoms with Crippen LogP contribution < -0.4 is 5.32 Å². The first kappa shape index (κ1) is 12.3. The van der Waals surface area contributed by atoms with Crippen LogP contribution in [0.4, 0.5) is 5.69 Å². The molecule has 0 fully saturated rings. The van der Waals surface area contributed by atoms with Crippen LogP contribution >= 0.6 is 15.9 Å². The highest BCUT2D eigenvalue weighted by Gasteiger charge is 2.06. The topological polar surface area (TPSA) is 58.0 Å². The summed E-state index contributed by atoms with van der Waals surface area (Å²) >= 11 is 3.38. The molecule has 0 bridgehead atoms. The molecule has 0 aliphatic carbocycles. The highest BCUT2D eigenvalue weighted by Crippen LogP contribution is 2.22. The molecule has 0 amide bonds. The summed E-state index contributed by atoms with van der Waals surface area (Å²) in [6.07, 6.45) is 4.22. The molecule has 5 heteroatoms. The molecule has 2 N–H and O–H groups in total. The summed E-state index contributed by atoms with van der Waals surface area (Å²) in [6.45, 7) is 2.21. The number of hydrogen-bond donors (Lipinski definition) is 2. The zero-order chi connectivity index (χ0) is 12.3. The molecule has 1 atom stereocenters. The molecule has 2 aromatic rings. The normalized spacial score (nSPS) is 12.6. The lowest BCUT2D eigenvalue weighted by atomic mass is 10.2. The number of aromatic nitrogens is 2. The van der Waals surface area contributed by atoms with Crippen LogP contribution in [-0.4, -0.2) is 27.7 Å². The molecule has 2 aromatic heterocycles. The number of fused-ring (bicyclic) bond motifs is 1. The summed E-state index contributed by atoms with van der Waals surface area (Å²) in [7, 11) is 0. The lowest BCUT2D eigenvalue weighted by molar-refractivity contribution is 0.282. The number of rotatable bonds is 4. The molecule has 1 unspecified atom stereocenters. The average molecular weight is 296 g/mol. The van der Waals surface area contributed by atoms with Gasteiger partial charge in [-0.15, -0.1) is 0 Å². The molecule has 0 aromatic carbocycles. The highest BCUT2D eigenvalue weighted by molar-refractivity contribution is 9.10. The summed E-state index contributed by atoms with van der Waals surface area (Å²) in [6, 6.07) is 4.04. The standard InChI is InChI=1S/C12H14BrN3O/c1-8(3-5-17)16-10-2-4-14-11-6-9(13)7-15-12(10)11/h2,4,6-8,17H,3,5H2,1H3,(H,14,16). The molecule has 90 valence electrons. The van der Waals surface area contributed by atoms with Gasteiger partial charge in [0.05, 0.1) is 11.2 Å². The van der Waals surface area contributed by atoms with Crippen molar-refractivity contribution in [2.24, 2.45) is 0 Å². The zero-order valence-corrected chi connectivity index (χ0v) is 11.1. The Morgan fingerprint density at radius 3 is 3.06 bits per heavy atom. The van der Waals surface area contributed by atoms with Crippen molar-refractivity contribution >= 4 is 32.7 Å². The fourth-order valence-corrected chi connectivity index (χ4v) is 1.97. The van der Waals surface area contributed by atoms with E-state index in [4.69, 9.17) is 5.11 Å². The van der Waals surface area contributed by atoms with Crippen molar-refractivity contribution < 1.29 is 5.11 Å². The number of halogens is 1. The Bertz CT molecular complexity index is 518. The van der Waals surface area contributed by atoms with E-state index in [1.807, 2.05) is 19.1 Å². The molecule has 2 rings (SSSR count). The summed E-state index contributed by atoms with van der Waals surface area (Å²) in [5.74, 6) is 0. The average Bonchev–Trinajstić information content (AvgIpc) is 2.29. The second-order valence-corrected chi connectivity index (χ2v) is 4.85. The van der Waals surface area contributed by atoms with Crippen LogP contribution in [0.3, 0.4) is 0 Å². The smallest absolute Gasteiger partial charge is 0.112 e. The molecular weight excluding hydrogens is 282 g/mol. The third-order valence-electron chi connectivity index (χ3n) is 2.51. The van der Waals surface area contributed by atoms with Gasteiger partial charge in [0, 0.05) is 29.5 Å². The Labute approximate surface area is 108 Å². The summed E-state index contributed by atoms with van der Waals surface area (Å²) < 4.78 is 0.915. The van der Waals surface area contributed by atoms with Crippen molar-refractivity contribution in [2.75, 3.05) is 11.9 Å². The van der Waals surface area contributed by atoms with Gasteiger partial charge in [-0.3, -0.25) is 9.97 Å². The molecule has 2 heterocycles. The van der Waals surface area contributed by atoms with Crippen LogP contribution in [0.2, 0.25) is 0 Å². The maximum absolute atomic E-state index is 8.89. The van der Waals surface area contributed by atoms with Gasteiger partial charge in [-0.25, -0.2) is 0 Å². The molecule has 0 saturated heterocycles. The van der Waals surface area contributed by atoms with Gasteiger partial charge in [0.15, 0.2) is 0 Å². The van der Waals surface area contributed by atoms with Gasteiger partial charge in [-0.2, -0.15) is 0 Å². The summed E-state index contributed by atoms with van der Waals surface area (Å²) in [4.78, 5) is 8.63. The number of nitrogens with one attached hydrogen (secondary N) is 1. The van der Waals surface area contributed by atoms with Crippen molar-refractivity contribution in [2.45, 2.75) is 19.4 Å². The van der Waals surface area contributed by atoms with Crippen molar-refractivity contribution in [1.29, 1.82) is 0 Å². The number of aliphatic hydroxyl groups is 1. The Kier molecular flexibility index (Phi) is 3.91. The lowest BCUT2D eigenvalue weighted by Crippen LogP contribution is -2.16. The van der Waals surface area contributed by atoms with E-state index in [2.05, 4.69) is 31.2 Å². The molecule has 17 heavy (non-hydrogen) atoms. The van der Waals surface area contributed by atoms with E-state index in [9.17, 15) is 0 Å². The number of nitrogens with zero attached hydrogens (tertiary/aromatic N) is 2. The zero-order valence-electron chi connectivity index (χ0n) is 9.52. The van der Waals surface area contributed by atoms with Gasteiger partial charge < -0.3 is 10.4 Å². The van der Waals surface area contributed by atoms with Gasteiger partial charge >= 0.3 is 0 Å². The molecule has 0 radical (unpaired) electrons. The first-order chi connectivity index (χ1) is 8.20. The van der Waals surface area contributed by atoms with Crippen LogP contribution in [-0.2, 0) is 0 Å². The minimum Gasteiger partial charge on any atom is -0.396 e. The Hall–Kier alpha value is -1.20. The number of anilines is 1. The van der Waals surface area contributed by atoms with E-state index in [0.29, 0.717) is 6.42 Å². The van der Waals surface area contributed by atoms with Crippen molar-refractivity contribution in [1.82, 2.24) is 9.97 Å². The largest absolute Gasteiger partial charge is 0.396 e. The summed E-state index contributed by atoms with van der Waals surface area (Å²) in [5.41, 5.74) is 2.64. The van der Waals surface area contributed by atoms with Gasteiger partial charge in [-0.05, 0) is 41.4 Å². The van der Waals surface area contributed by atoms with E-state index in [0.717, 1.165) is 21.2 Å². The van der Waals surface area contributed by atoms with Crippen molar-refractivity contribution in [3.63, 3.8) is 0 Å². The first-order valence-corrected chi connectivity index (χ1v) is 6.27. The number of hydrogen-bond acceptors (Lipinski definition) is 4. The predicted octanol–water partition coefficient (Wildman–Crippen LogP) is 2.58. The third kappa shape index (κ3) is 2.92. The van der Waals surface area contributed by atoms with E-state index >= 15 is 0 Å². The molecule has 4 nitrogen and oxygen atoms in total. The van der Waals surface area contributed by atoms with Gasteiger partial charge in [0.1, 0.15) is 5.52 Å². The predicted molar refractivity (Wildman–Crippen MR) is 72.0 cm³/mol. The molecule has 0 aliphatic heterocycles. The maximum Gasteiger partial charge on any atom is 0.112 e. The Morgan fingerprint density at radius 1 is 1.47 bits per heavy atom. The highest BCUT2D eigenvalue weighted by atomic mass is 79.9. The Morgan fingerprint density at radius 2 is 2.29 bits per heavy atom. The van der Waals surface area contributed by atoms with Crippen LogP contribution in [0.25, 0.3) is 11.0 Å². The van der Waals surface area contributed by atoms with Crippen molar-refractivity contribution in [3.8, 4) is 0 Å². The maximum atomic E-state index is 8.89. The fourth-order valence-electron chi connectivity index (χ4n) is 1.65. The molecule has 0 saturated carbocycles. The molecular formula is C12H14BrN3O. The fraction of sp³-hybridized carbons (Fsp3) is 0.333.